The van der Waals surface area contributed by atoms with Crippen LogP contribution in [0.4, 0.5) is 0 Å². The average molecular weight is 257 g/mol. The first-order chi connectivity index (χ1) is 8.92. The highest BCUT2D eigenvalue weighted by Gasteiger charge is 2.38. The lowest BCUT2D eigenvalue weighted by molar-refractivity contribution is 0.335. The van der Waals surface area contributed by atoms with Crippen molar-refractivity contribution in [3.63, 3.8) is 0 Å². The quantitative estimate of drug-likeness (QED) is 0.849. The minimum atomic E-state index is -0.244. The summed E-state index contributed by atoms with van der Waals surface area (Å²) in [5.41, 5.74) is 8.67. The minimum absolute atomic E-state index is 0.000394. The number of imidazole rings is 1. The average Bonchev–Trinajstić information content (AvgIpc) is 2.92. The van der Waals surface area contributed by atoms with Crippen LogP contribution in [0.5, 0.6) is 0 Å². The van der Waals surface area contributed by atoms with Crippen molar-refractivity contribution in [3.8, 4) is 0 Å². The Bertz CT molecular complexity index is 598. The van der Waals surface area contributed by atoms with E-state index in [0.29, 0.717) is 0 Å². The molecule has 3 heteroatoms. The van der Waals surface area contributed by atoms with E-state index in [4.69, 9.17) is 10.7 Å². The van der Waals surface area contributed by atoms with Gasteiger partial charge in [-0.05, 0) is 45.7 Å². The van der Waals surface area contributed by atoms with E-state index >= 15 is 0 Å². The molecule has 1 heterocycles. The lowest BCUT2D eigenvalue weighted by atomic mass is 9.96. The molecular formula is C16H23N3. The van der Waals surface area contributed by atoms with E-state index in [0.717, 1.165) is 24.2 Å². The van der Waals surface area contributed by atoms with E-state index in [-0.39, 0.29) is 11.1 Å². The van der Waals surface area contributed by atoms with E-state index in [2.05, 4.69) is 43.5 Å². The van der Waals surface area contributed by atoms with Crippen molar-refractivity contribution in [2.75, 3.05) is 0 Å². The molecule has 1 aliphatic carbocycles. The molecule has 1 aliphatic rings. The van der Waals surface area contributed by atoms with Crippen molar-refractivity contribution < 1.29 is 0 Å². The van der Waals surface area contributed by atoms with Crippen LogP contribution in [0.3, 0.4) is 0 Å². The number of rotatable bonds is 1. The number of aromatic nitrogens is 2. The van der Waals surface area contributed by atoms with Crippen LogP contribution in [0, 0.1) is 0 Å². The Morgan fingerprint density at radius 2 is 1.79 bits per heavy atom. The highest BCUT2D eigenvalue weighted by Crippen LogP contribution is 2.39. The SMILES string of the molecule is CC(C)(C)n1c(C2(N)CCCC2)nc2ccccc21. The molecule has 2 N–H and O–H groups in total. The monoisotopic (exact) mass is 257 g/mol. The lowest BCUT2D eigenvalue weighted by Gasteiger charge is -2.31. The number of hydrogen-bond donors (Lipinski definition) is 1. The highest BCUT2D eigenvalue weighted by atomic mass is 15.2. The number of fused-ring (bicyclic) bond motifs is 1. The van der Waals surface area contributed by atoms with Gasteiger partial charge in [-0.15, -0.1) is 0 Å². The van der Waals surface area contributed by atoms with Crippen LogP contribution in [0.15, 0.2) is 24.3 Å². The van der Waals surface area contributed by atoms with Gasteiger partial charge in [0.05, 0.1) is 16.6 Å². The second-order valence-electron chi connectivity index (χ2n) is 6.79. The summed E-state index contributed by atoms with van der Waals surface area (Å²) in [6.45, 7) is 6.68. The fourth-order valence-corrected chi connectivity index (χ4v) is 3.27. The van der Waals surface area contributed by atoms with Gasteiger partial charge in [0.25, 0.3) is 0 Å². The summed E-state index contributed by atoms with van der Waals surface area (Å²) < 4.78 is 2.34. The maximum Gasteiger partial charge on any atom is 0.130 e. The topological polar surface area (TPSA) is 43.8 Å². The van der Waals surface area contributed by atoms with Crippen molar-refractivity contribution >= 4 is 11.0 Å². The van der Waals surface area contributed by atoms with E-state index in [1.165, 1.54) is 18.4 Å². The molecule has 19 heavy (non-hydrogen) atoms. The number of benzene rings is 1. The molecule has 3 rings (SSSR count). The van der Waals surface area contributed by atoms with Crippen molar-refractivity contribution in [3.05, 3.63) is 30.1 Å². The first kappa shape index (κ1) is 12.7. The second kappa shape index (κ2) is 4.07. The van der Waals surface area contributed by atoms with Gasteiger partial charge in [0, 0.05) is 5.54 Å². The molecule has 0 radical (unpaired) electrons. The van der Waals surface area contributed by atoms with Gasteiger partial charge in [-0.25, -0.2) is 4.98 Å². The van der Waals surface area contributed by atoms with Crippen molar-refractivity contribution in [1.29, 1.82) is 0 Å². The summed E-state index contributed by atoms with van der Waals surface area (Å²) in [6, 6.07) is 8.35. The summed E-state index contributed by atoms with van der Waals surface area (Å²) in [6.07, 6.45) is 4.52. The Hall–Kier alpha value is -1.35. The van der Waals surface area contributed by atoms with Crippen LogP contribution in [0.1, 0.15) is 52.3 Å². The number of para-hydroxylation sites is 2. The summed E-state index contributed by atoms with van der Waals surface area (Å²) in [7, 11) is 0. The summed E-state index contributed by atoms with van der Waals surface area (Å²) >= 11 is 0. The van der Waals surface area contributed by atoms with Crippen LogP contribution in [0.25, 0.3) is 11.0 Å². The van der Waals surface area contributed by atoms with Gasteiger partial charge in [-0.1, -0.05) is 25.0 Å². The van der Waals surface area contributed by atoms with Crippen LogP contribution in [-0.2, 0) is 11.1 Å². The van der Waals surface area contributed by atoms with Crippen LogP contribution >= 0.6 is 0 Å². The van der Waals surface area contributed by atoms with E-state index in [1.807, 2.05) is 6.07 Å². The van der Waals surface area contributed by atoms with Gasteiger partial charge in [0.15, 0.2) is 0 Å². The Morgan fingerprint density at radius 1 is 1.16 bits per heavy atom. The second-order valence-corrected chi connectivity index (χ2v) is 6.79. The van der Waals surface area contributed by atoms with Gasteiger partial charge in [-0.3, -0.25) is 0 Å². The summed E-state index contributed by atoms with van der Waals surface area (Å²) in [5.74, 6) is 1.07. The Morgan fingerprint density at radius 3 is 2.42 bits per heavy atom. The van der Waals surface area contributed by atoms with Crippen molar-refractivity contribution in [1.82, 2.24) is 9.55 Å². The van der Waals surface area contributed by atoms with Gasteiger partial charge < -0.3 is 10.3 Å². The normalized spacial score (nSPS) is 19.2. The van der Waals surface area contributed by atoms with Crippen molar-refractivity contribution in [2.24, 2.45) is 5.73 Å². The summed E-state index contributed by atoms with van der Waals surface area (Å²) in [4.78, 5) is 4.87. The zero-order valence-electron chi connectivity index (χ0n) is 12.1. The molecule has 0 saturated heterocycles. The first-order valence-electron chi connectivity index (χ1n) is 7.19. The maximum absolute atomic E-state index is 6.66. The van der Waals surface area contributed by atoms with Gasteiger partial charge in [0.2, 0.25) is 0 Å². The standard InChI is InChI=1S/C16H23N3/c1-15(2,3)19-13-9-5-4-8-12(13)18-14(19)16(17)10-6-7-11-16/h4-5,8-9H,6-7,10-11,17H2,1-3H3. The molecule has 0 atom stereocenters. The third-order valence-corrected chi connectivity index (χ3v) is 4.17. The molecule has 102 valence electrons. The third kappa shape index (κ3) is 1.96. The molecule has 3 nitrogen and oxygen atoms in total. The zero-order valence-corrected chi connectivity index (χ0v) is 12.1. The number of nitrogens with zero attached hydrogens (tertiary/aromatic N) is 2. The molecule has 1 saturated carbocycles. The molecule has 0 aliphatic heterocycles. The van der Waals surface area contributed by atoms with Crippen LogP contribution < -0.4 is 5.73 Å². The Kier molecular flexibility index (Phi) is 2.72. The van der Waals surface area contributed by atoms with E-state index in [9.17, 15) is 0 Å². The predicted octanol–water partition coefficient (Wildman–Crippen LogP) is 3.52. The highest BCUT2D eigenvalue weighted by molar-refractivity contribution is 5.76. The van der Waals surface area contributed by atoms with E-state index < -0.39 is 0 Å². The molecule has 1 aromatic carbocycles. The smallest absolute Gasteiger partial charge is 0.130 e. The molecule has 0 unspecified atom stereocenters. The fourth-order valence-electron chi connectivity index (χ4n) is 3.27. The lowest BCUT2D eigenvalue weighted by Crippen LogP contribution is -2.39. The Balaban J connectivity index is 2.29. The minimum Gasteiger partial charge on any atom is -0.321 e. The molecule has 0 bridgehead atoms. The van der Waals surface area contributed by atoms with E-state index in [1.54, 1.807) is 0 Å². The maximum atomic E-state index is 6.66. The number of nitrogens with two attached hydrogens (primary N) is 1. The van der Waals surface area contributed by atoms with Gasteiger partial charge in [-0.2, -0.15) is 0 Å². The molecule has 2 aromatic rings. The summed E-state index contributed by atoms with van der Waals surface area (Å²) in [5, 5.41) is 0. The van der Waals surface area contributed by atoms with Crippen LogP contribution in [-0.4, -0.2) is 9.55 Å². The van der Waals surface area contributed by atoms with Gasteiger partial charge >= 0.3 is 0 Å². The predicted molar refractivity (Wildman–Crippen MR) is 79.1 cm³/mol. The molecular weight excluding hydrogens is 234 g/mol. The van der Waals surface area contributed by atoms with Crippen molar-refractivity contribution in [2.45, 2.75) is 57.5 Å². The zero-order chi connectivity index (χ0) is 13.7. The van der Waals surface area contributed by atoms with Gasteiger partial charge in [0.1, 0.15) is 5.82 Å². The number of hydrogen-bond acceptors (Lipinski definition) is 2. The first-order valence-corrected chi connectivity index (χ1v) is 7.19. The van der Waals surface area contributed by atoms with Crippen LogP contribution in [0.2, 0.25) is 0 Å². The fraction of sp³-hybridized carbons (Fsp3) is 0.562. The molecule has 1 aromatic heterocycles. The molecule has 1 fully saturated rings. The molecule has 0 amide bonds. The third-order valence-electron chi connectivity index (χ3n) is 4.17. The molecule has 0 spiro atoms. The Labute approximate surface area is 114 Å². The largest absolute Gasteiger partial charge is 0.321 e.